The Morgan fingerprint density at radius 1 is 0.512 bits per heavy atom. The molecule has 3 nitrogen and oxygen atoms in total. The van der Waals surface area contributed by atoms with E-state index in [-0.39, 0.29) is 5.41 Å². The van der Waals surface area contributed by atoms with Gasteiger partial charge in [0.25, 0.3) is 0 Å². The highest BCUT2D eigenvalue weighted by Gasteiger charge is 2.35. The topological polar surface area (TPSA) is 22.8 Å². The molecule has 0 N–H and O–H groups in total. The average molecular weight is 552 g/mol. The third-order valence-electron chi connectivity index (χ3n) is 9.31. The number of fused-ring (bicyclic) bond motifs is 6. The minimum absolute atomic E-state index is 0.129. The number of benzene rings is 6. The number of hydrogen-bond acceptors (Lipinski definition) is 1. The Kier molecular flexibility index (Phi) is 4.95. The number of aromatic nitrogens is 3. The van der Waals surface area contributed by atoms with E-state index in [1.165, 1.54) is 49.7 Å². The maximum absolute atomic E-state index is 5.03. The van der Waals surface area contributed by atoms with E-state index in [9.17, 15) is 0 Å². The van der Waals surface area contributed by atoms with Gasteiger partial charge in [0.2, 0.25) is 0 Å². The lowest BCUT2D eigenvalue weighted by molar-refractivity contribution is 0.630. The van der Waals surface area contributed by atoms with Crippen molar-refractivity contribution < 1.29 is 0 Å². The third kappa shape index (κ3) is 3.39. The number of para-hydroxylation sites is 4. The highest BCUT2D eigenvalue weighted by Crippen LogP contribution is 2.48. The summed E-state index contributed by atoms with van der Waals surface area (Å²) in [7, 11) is 0. The first-order chi connectivity index (χ1) is 21.1. The fourth-order valence-corrected chi connectivity index (χ4v) is 7.20. The molecule has 0 radical (unpaired) electrons. The second-order valence-corrected chi connectivity index (χ2v) is 12.1. The second-order valence-electron chi connectivity index (χ2n) is 12.1. The van der Waals surface area contributed by atoms with Crippen molar-refractivity contribution in [3.63, 3.8) is 0 Å². The lowest BCUT2D eigenvalue weighted by Gasteiger charge is -2.35. The zero-order valence-corrected chi connectivity index (χ0v) is 24.1. The third-order valence-corrected chi connectivity index (χ3v) is 9.31. The molecule has 3 heteroatoms. The van der Waals surface area contributed by atoms with Gasteiger partial charge in [-0.1, -0.05) is 105 Å². The molecule has 0 fully saturated rings. The van der Waals surface area contributed by atoms with Crippen LogP contribution in [0.15, 0.2) is 140 Å². The van der Waals surface area contributed by atoms with Gasteiger partial charge in [0.1, 0.15) is 5.82 Å². The number of nitrogens with zero attached hydrogens (tertiary/aromatic N) is 3. The quantitative estimate of drug-likeness (QED) is 0.214. The van der Waals surface area contributed by atoms with E-state index < -0.39 is 0 Å². The Morgan fingerprint density at radius 2 is 1.21 bits per heavy atom. The Bertz CT molecular complexity index is 2350. The molecular weight excluding hydrogens is 522 g/mol. The zero-order chi connectivity index (χ0) is 28.7. The van der Waals surface area contributed by atoms with Crippen molar-refractivity contribution in [3.8, 4) is 33.9 Å². The van der Waals surface area contributed by atoms with Crippen LogP contribution in [0.25, 0.3) is 66.7 Å². The molecule has 0 amide bonds. The predicted octanol–water partition coefficient (Wildman–Crippen LogP) is 10.1. The van der Waals surface area contributed by atoms with Crippen molar-refractivity contribution >= 4 is 32.8 Å². The fraction of sp³-hybridized carbons (Fsp3) is 0.0750. The first-order valence-electron chi connectivity index (χ1n) is 14.9. The van der Waals surface area contributed by atoms with E-state index in [0.29, 0.717) is 0 Å². The maximum atomic E-state index is 5.03. The van der Waals surface area contributed by atoms with Gasteiger partial charge >= 0.3 is 0 Å². The summed E-state index contributed by atoms with van der Waals surface area (Å²) in [5.74, 6) is 0.952. The van der Waals surface area contributed by atoms with Crippen molar-refractivity contribution in [1.29, 1.82) is 0 Å². The molecule has 8 aromatic rings. The fourth-order valence-electron chi connectivity index (χ4n) is 7.20. The summed E-state index contributed by atoms with van der Waals surface area (Å²) in [4.78, 5) is 5.03. The van der Waals surface area contributed by atoms with Gasteiger partial charge in [0.05, 0.1) is 27.8 Å². The summed E-state index contributed by atoms with van der Waals surface area (Å²) >= 11 is 0. The van der Waals surface area contributed by atoms with Gasteiger partial charge in [-0.25, -0.2) is 4.98 Å². The van der Waals surface area contributed by atoms with Gasteiger partial charge in [-0.2, -0.15) is 0 Å². The molecule has 0 unspecified atom stereocenters. The standard InChI is InChI=1S/C40H29N3/c1-40(2)32-15-7-10-18-36(32)43-35-17-9-6-14-30(35)31-24-28(25-33(40)38(31)43)26-20-22-29(23-21-26)42-37-19-11-8-16-34(37)41-39(42)27-12-4-3-5-13-27/h3-25H,1-2H3. The maximum Gasteiger partial charge on any atom is 0.145 e. The summed E-state index contributed by atoms with van der Waals surface area (Å²) in [6.45, 7) is 4.73. The number of hydrogen-bond donors (Lipinski definition) is 0. The average Bonchev–Trinajstić information content (AvgIpc) is 3.61. The Morgan fingerprint density at radius 3 is 2.05 bits per heavy atom. The van der Waals surface area contributed by atoms with E-state index in [1.807, 2.05) is 6.07 Å². The lowest BCUT2D eigenvalue weighted by Crippen LogP contribution is -2.26. The van der Waals surface area contributed by atoms with Crippen molar-refractivity contribution in [2.45, 2.75) is 19.3 Å². The van der Waals surface area contributed by atoms with Crippen LogP contribution >= 0.6 is 0 Å². The Labute approximate surface area is 250 Å². The Balaban J connectivity index is 1.25. The van der Waals surface area contributed by atoms with Gasteiger partial charge in [-0.15, -0.1) is 0 Å². The summed E-state index contributed by atoms with van der Waals surface area (Å²) < 4.78 is 4.75. The number of rotatable bonds is 3. The van der Waals surface area contributed by atoms with Crippen LogP contribution in [0, 0.1) is 0 Å². The van der Waals surface area contributed by atoms with E-state index in [2.05, 4.69) is 156 Å². The van der Waals surface area contributed by atoms with Crippen LogP contribution in [0.1, 0.15) is 25.0 Å². The lowest BCUT2D eigenvalue weighted by atomic mass is 9.74. The van der Waals surface area contributed by atoms with Gasteiger partial charge < -0.3 is 4.57 Å². The van der Waals surface area contributed by atoms with Gasteiger partial charge in [0, 0.05) is 27.4 Å². The minimum atomic E-state index is -0.129. The summed E-state index contributed by atoms with van der Waals surface area (Å²) in [6.07, 6.45) is 0. The molecule has 0 atom stereocenters. The highest BCUT2D eigenvalue weighted by molar-refractivity contribution is 6.13. The largest absolute Gasteiger partial charge is 0.309 e. The van der Waals surface area contributed by atoms with E-state index in [0.717, 1.165) is 28.1 Å². The molecule has 204 valence electrons. The molecule has 43 heavy (non-hydrogen) atoms. The molecule has 0 aliphatic carbocycles. The Hall–Kier alpha value is -5.41. The van der Waals surface area contributed by atoms with E-state index >= 15 is 0 Å². The van der Waals surface area contributed by atoms with Crippen molar-refractivity contribution in [3.05, 3.63) is 151 Å². The smallest absolute Gasteiger partial charge is 0.145 e. The molecule has 0 saturated carbocycles. The van der Waals surface area contributed by atoms with E-state index in [4.69, 9.17) is 4.98 Å². The van der Waals surface area contributed by atoms with Crippen molar-refractivity contribution in [2.24, 2.45) is 0 Å². The number of imidazole rings is 1. The summed E-state index contributed by atoms with van der Waals surface area (Å²) in [5, 5.41) is 2.60. The summed E-state index contributed by atoms with van der Waals surface area (Å²) in [5.41, 5.74) is 13.2. The molecule has 0 spiro atoms. The molecule has 1 aliphatic rings. The molecule has 1 aliphatic heterocycles. The van der Waals surface area contributed by atoms with Crippen LogP contribution < -0.4 is 0 Å². The normalized spacial score (nSPS) is 13.5. The van der Waals surface area contributed by atoms with Crippen molar-refractivity contribution in [1.82, 2.24) is 14.1 Å². The second kappa shape index (κ2) is 8.80. The molecular formula is C40H29N3. The van der Waals surface area contributed by atoms with Gasteiger partial charge in [0.15, 0.2) is 0 Å². The monoisotopic (exact) mass is 551 g/mol. The van der Waals surface area contributed by atoms with E-state index in [1.54, 1.807) is 0 Å². The van der Waals surface area contributed by atoms with Crippen LogP contribution in [0.5, 0.6) is 0 Å². The molecule has 3 heterocycles. The van der Waals surface area contributed by atoms with Crippen LogP contribution in [-0.4, -0.2) is 14.1 Å². The van der Waals surface area contributed by atoms with Crippen LogP contribution in [0.2, 0.25) is 0 Å². The van der Waals surface area contributed by atoms with Crippen molar-refractivity contribution in [2.75, 3.05) is 0 Å². The van der Waals surface area contributed by atoms with Crippen LogP contribution in [0.4, 0.5) is 0 Å². The summed E-state index contributed by atoms with van der Waals surface area (Å²) in [6, 6.07) is 50.3. The zero-order valence-electron chi connectivity index (χ0n) is 24.1. The first kappa shape index (κ1) is 24.2. The van der Waals surface area contributed by atoms with Gasteiger partial charge in [-0.05, 0) is 70.8 Å². The molecule has 9 rings (SSSR count). The SMILES string of the molecule is CC1(C)c2ccccc2-n2c3ccccc3c3cc(-c4ccc(-n5c(-c6ccccc6)nc6ccccc65)cc4)cc1c32. The van der Waals surface area contributed by atoms with Gasteiger partial charge in [-0.3, -0.25) is 4.57 Å². The molecule has 0 saturated heterocycles. The first-order valence-corrected chi connectivity index (χ1v) is 14.9. The van der Waals surface area contributed by atoms with Crippen LogP contribution in [0.3, 0.4) is 0 Å². The molecule has 0 bridgehead atoms. The minimum Gasteiger partial charge on any atom is -0.309 e. The molecule has 6 aromatic carbocycles. The van der Waals surface area contributed by atoms with Crippen LogP contribution in [-0.2, 0) is 5.41 Å². The predicted molar refractivity (Wildman–Crippen MR) is 178 cm³/mol. The highest BCUT2D eigenvalue weighted by atomic mass is 15.1. The molecule has 2 aromatic heterocycles.